The number of benzene rings is 8. The van der Waals surface area contributed by atoms with Crippen molar-refractivity contribution >= 4 is 60.7 Å². The standard InChI is InChI=1S/C44H29N7/c1-2-12-30(13-3-1)43-35-14-4-6-16-37(35)44(38-17-7-5-15-36(38)43)49(31-22-26-33(27-23-31)50-45-39-18-8-9-19-40(39)46-50)32-24-28-34(29-25-32)51-47-41-20-10-11-21-42(41)48-51/h1-29H. The summed E-state index contributed by atoms with van der Waals surface area (Å²) >= 11 is 0. The average molecular weight is 656 g/mol. The predicted octanol–water partition coefficient (Wildman–Crippen LogP) is 10.6. The van der Waals surface area contributed by atoms with E-state index in [1.165, 1.54) is 21.9 Å². The minimum absolute atomic E-state index is 0.860. The highest BCUT2D eigenvalue weighted by atomic mass is 15.5. The largest absolute Gasteiger partial charge is 0.309 e. The van der Waals surface area contributed by atoms with Gasteiger partial charge in [-0.1, -0.05) is 103 Å². The van der Waals surface area contributed by atoms with Gasteiger partial charge in [0.05, 0.1) is 17.1 Å². The molecule has 51 heavy (non-hydrogen) atoms. The van der Waals surface area contributed by atoms with Gasteiger partial charge in [-0.25, -0.2) is 0 Å². The van der Waals surface area contributed by atoms with Crippen LogP contribution in [0.15, 0.2) is 176 Å². The summed E-state index contributed by atoms with van der Waals surface area (Å²) in [5, 5.41) is 23.6. The van der Waals surface area contributed by atoms with E-state index in [1.807, 2.05) is 48.5 Å². The molecule has 0 aliphatic rings. The fraction of sp³-hybridized carbons (Fsp3) is 0. The number of hydrogen-bond donors (Lipinski definition) is 0. The van der Waals surface area contributed by atoms with Gasteiger partial charge in [0, 0.05) is 22.1 Å². The summed E-state index contributed by atoms with van der Waals surface area (Å²) in [7, 11) is 0. The summed E-state index contributed by atoms with van der Waals surface area (Å²) < 4.78 is 0. The van der Waals surface area contributed by atoms with Crippen LogP contribution in [0.3, 0.4) is 0 Å². The third kappa shape index (κ3) is 4.90. The Hall–Kier alpha value is -7.12. The van der Waals surface area contributed by atoms with Crippen LogP contribution in [0.1, 0.15) is 0 Å². The third-order valence-corrected chi connectivity index (χ3v) is 9.44. The van der Waals surface area contributed by atoms with Gasteiger partial charge in [-0.2, -0.15) is 9.59 Å². The molecule has 240 valence electrons. The monoisotopic (exact) mass is 655 g/mol. The molecule has 7 heteroatoms. The van der Waals surface area contributed by atoms with Crippen molar-refractivity contribution in [3.8, 4) is 22.5 Å². The molecular formula is C44H29N7. The SMILES string of the molecule is c1ccc(-c2c3ccccc3c(N(c3ccc(-n4nc5ccccc5n4)cc3)c3ccc(-n4nc5ccccc5n4)cc3)c3ccccc23)cc1. The normalized spacial score (nSPS) is 11.5. The number of rotatable bonds is 6. The maximum absolute atomic E-state index is 4.73. The van der Waals surface area contributed by atoms with Crippen molar-refractivity contribution in [3.63, 3.8) is 0 Å². The molecule has 0 saturated carbocycles. The zero-order valence-corrected chi connectivity index (χ0v) is 27.4. The summed E-state index contributed by atoms with van der Waals surface area (Å²) in [6.07, 6.45) is 0. The molecule has 10 rings (SSSR count). The molecule has 0 N–H and O–H groups in total. The van der Waals surface area contributed by atoms with E-state index in [4.69, 9.17) is 20.4 Å². The van der Waals surface area contributed by atoms with Crippen LogP contribution in [-0.2, 0) is 0 Å². The zero-order chi connectivity index (χ0) is 33.7. The van der Waals surface area contributed by atoms with Crippen molar-refractivity contribution < 1.29 is 0 Å². The van der Waals surface area contributed by atoms with Crippen molar-refractivity contribution in [2.24, 2.45) is 0 Å². The molecule has 0 saturated heterocycles. The second kappa shape index (κ2) is 11.8. The Morgan fingerprint density at radius 1 is 0.333 bits per heavy atom. The fourth-order valence-electron chi connectivity index (χ4n) is 7.09. The van der Waals surface area contributed by atoms with Crippen molar-refractivity contribution in [2.75, 3.05) is 4.90 Å². The molecule has 0 atom stereocenters. The average Bonchev–Trinajstić information content (AvgIpc) is 3.84. The molecular weight excluding hydrogens is 627 g/mol. The molecule has 10 aromatic rings. The van der Waals surface area contributed by atoms with Gasteiger partial charge in [0.15, 0.2) is 0 Å². The van der Waals surface area contributed by atoms with Gasteiger partial charge in [-0.15, -0.1) is 20.4 Å². The van der Waals surface area contributed by atoms with Gasteiger partial charge in [-0.3, -0.25) is 0 Å². The number of nitrogens with zero attached hydrogens (tertiary/aromatic N) is 7. The van der Waals surface area contributed by atoms with Crippen molar-refractivity contribution in [1.29, 1.82) is 0 Å². The first-order valence-corrected chi connectivity index (χ1v) is 16.9. The molecule has 0 aliphatic heterocycles. The van der Waals surface area contributed by atoms with Crippen LogP contribution >= 0.6 is 0 Å². The lowest BCUT2D eigenvalue weighted by Crippen LogP contribution is -2.12. The first kappa shape index (κ1) is 28.9. The lowest BCUT2D eigenvalue weighted by molar-refractivity contribution is 0.765. The van der Waals surface area contributed by atoms with E-state index in [0.717, 1.165) is 61.3 Å². The lowest BCUT2D eigenvalue weighted by Gasteiger charge is -2.29. The highest BCUT2D eigenvalue weighted by Gasteiger charge is 2.22. The second-order valence-corrected chi connectivity index (χ2v) is 12.5. The van der Waals surface area contributed by atoms with Crippen LogP contribution in [-0.4, -0.2) is 30.0 Å². The Kier molecular flexibility index (Phi) is 6.67. The first-order valence-electron chi connectivity index (χ1n) is 16.9. The van der Waals surface area contributed by atoms with Gasteiger partial charge < -0.3 is 4.90 Å². The van der Waals surface area contributed by atoms with E-state index in [-0.39, 0.29) is 0 Å². The van der Waals surface area contributed by atoms with E-state index in [9.17, 15) is 0 Å². The van der Waals surface area contributed by atoms with Gasteiger partial charge in [-0.05, 0) is 94.7 Å². The zero-order valence-electron chi connectivity index (χ0n) is 27.4. The van der Waals surface area contributed by atoms with Crippen molar-refractivity contribution in [2.45, 2.75) is 0 Å². The molecule has 0 aliphatic carbocycles. The van der Waals surface area contributed by atoms with E-state index < -0.39 is 0 Å². The number of hydrogen-bond acceptors (Lipinski definition) is 5. The number of aromatic nitrogens is 6. The van der Waals surface area contributed by atoms with Crippen LogP contribution in [0.25, 0.3) is 66.1 Å². The first-order chi connectivity index (χ1) is 25.3. The molecule has 0 spiro atoms. The van der Waals surface area contributed by atoms with E-state index in [2.05, 4.69) is 132 Å². The van der Waals surface area contributed by atoms with E-state index >= 15 is 0 Å². The molecule has 2 heterocycles. The second-order valence-electron chi connectivity index (χ2n) is 12.5. The van der Waals surface area contributed by atoms with Gasteiger partial charge >= 0.3 is 0 Å². The molecule has 7 nitrogen and oxygen atoms in total. The number of fused-ring (bicyclic) bond motifs is 4. The molecule has 0 bridgehead atoms. The maximum Gasteiger partial charge on any atom is 0.113 e. The minimum atomic E-state index is 0.860. The Morgan fingerprint density at radius 3 is 1.10 bits per heavy atom. The molecule has 0 radical (unpaired) electrons. The summed E-state index contributed by atoms with van der Waals surface area (Å²) in [6, 6.07) is 60.9. The van der Waals surface area contributed by atoms with Crippen molar-refractivity contribution in [3.05, 3.63) is 176 Å². The molecule has 8 aromatic carbocycles. The minimum Gasteiger partial charge on any atom is -0.309 e. The van der Waals surface area contributed by atoms with Crippen LogP contribution in [0.2, 0.25) is 0 Å². The van der Waals surface area contributed by atoms with Gasteiger partial charge in [0.25, 0.3) is 0 Å². The molecule has 2 aromatic heterocycles. The van der Waals surface area contributed by atoms with Crippen LogP contribution in [0, 0.1) is 0 Å². The summed E-state index contributed by atoms with van der Waals surface area (Å²) in [5.74, 6) is 0. The third-order valence-electron chi connectivity index (χ3n) is 9.44. The lowest BCUT2D eigenvalue weighted by atomic mass is 9.90. The predicted molar refractivity (Wildman–Crippen MR) is 206 cm³/mol. The van der Waals surface area contributed by atoms with Crippen molar-refractivity contribution in [1.82, 2.24) is 30.0 Å². The Balaban J connectivity index is 1.18. The molecule has 0 fully saturated rings. The maximum atomic E-state index is 4.73. The highest BCUT2D eigenvalue weighted by molar-refractivity contribution is 6.22. The van der Waals surface area contributed by atoms with Crippen LogP contribution < -0.4 is 4.90 Å². The Labute approximate surface area is 293 Å². The fourth-order valence-corrected chi connectivity index (χ4v) is 7.09. The van der Waals surface area contributed by atoms with Gasteiger partial charge in [0.2, 0.25) is 0 Å². The topological polar surface area (TPSA) is 64.7 Å². The van der Waals surface area contributed by atoms with Gasteiger partial charge in [0.1, 0.15) is 22.1 Å². The van der Waals surface area contributed by atoms with E-state index in [0.29, 0.717) is 0 Å². The smallest absolute Gasteiger partial charge is 0.113 e. The Bertz CT molecular complexity index is 2610. The quantitative estimate of drug-likeness (QED) is 0.167. The summed E-state index contributed by atoms with van der Waals surface area (Å²) in [6.45, 7) is 0. The summed E-state index contributed by atoms with van der Waals surface area (Å²) in [5.41, 5.74) is 10.7. The van der Waals surface area contributed by atoms with Crippen LogP contribution in [0.5, 0.6) is 0 Å². The number of anilines is 3. The van der Waals surface area contributed by atoms with E-state index in [1.54, 1.807) is 9.59 Å². The highest BCUT2D eigenvalue weighted by Crippen LogP contribution is 2.48. The summed E-state index contributed by atoms with van der Waals surface area (Å²) in [4.78, 5) is 5.76. The molecule has 0 amide bonds. The Morgan fingerprint density at radius 2 is 0.686 bits per heavy atom. The molecule has 0 unspecified atom stereocenters. The van der Waals surface area contributed by atoms with Crippen LogP contribution in [0.4, 0.5) is 17.1 Å².